The number of benzene rings is 2. The molecule has 1 amide bonds. The molecule has 31 heavy (non-hydrogen) atoms. The number of fused-ring (bicyclic) bond motifs is 2. The summed E-state index contributed by atoms with van der Waals surface area (Å²) < 4.78 is 1.96. The fourth-order valence-corrected chi connectivity index (χ4v) is 4.75. The number of H-pyrrole nitrogens is 1. The van der Waals surface area contributed by atoms with Crippen LogP contribution in [0.25, 0.3) is 21.8 Å². The molecular weight excluding hydrogens is 388 g/mol. The van der Waals surface area contributed by atoms with Gasteiger partial charge in [0.05, 0.1) is 18.3 Å². The number of aryl methyl sites for hydroxylation is 1. The van der Waals surface area contributed by atoms with Crippen LogP contribution in [0.1, 0.15) is 36.4 Å². The Balaban J connectivity index is 1.64. The van der Waals surface area contributed by atoms with Crippen LogP contribution in [0.5, 0.6) is 0 Å². The molecule has 0 radical (unpaired) electrons. The second-order valence-electron chi connectivity index (χ2n) is 8.23. The number of anilines is 1. The maximum absolute atomic E-state index is 13.7. The van der Waals surface area contributed by atoms with Gasteiger partial charge in [0.1, 0.15) is 5.92 Å². The average Bonchev–Trinajstić information content (AvgIpc) is 3.40. The highest BCUT2D eigenvalue weighted by Gasteiger charge is 2.44. The Morgan fingerprint density at radius 1 is 1.13 bits per heavy atom. The third-order valence-corrected chi connectivity index (χ3v) is 6.25. The van der Waals surface area contributed by atoms with Crippen molar-refractivity contribution in [2.24, 2.45) is 7.05 Å². The van der Waals surface area contributed by atoms with Crippen LogP contribution in [0.3, 0.4) is 0 Å². The summed E-state index contributed by atoms with van der Waals surface area (Å²) >= 11 is 0. The smallest absolute Gasteiger partial charge is 0.242 e. The van der Waals surface area contributed by atoms with Gasteiger partial charge in [0.2, 0.25) is 5.91 Å². The molecule has 2 aromatic carbocycles. The number of nitriles is 1. The Hall–Kier alpha value is -3.85. The van der Waals surface area contributed by atoms with Crippen molar-refractivity contribution in [1.82, 2.24) is 9.55 Å². The van der Waals surface area contributed by atoms with Crippen LogP contribution in [0.15, 0.2) is 54.7 Å². The van der Waals surface area contributed by atoms with Crippen LogP contribution in [-0.2, 0) is 16.6 Å². The molecule has 5 rings (SSSR count). The minimum absolute atomic E-state index is 0.0286. The summed E-state index contributed by atoms with van der Waals surface area (Å²) in [5.74, 6) is -1.23. The van der Waals surface area contributed by atoms with E-state index in [1.165, 1.54) is 0 Å². The number of ketones is 1. The van der Waals surface area contributed by atoms with E-state index >= 15 is 0 Å². The monoisotopic (exact) mass is 410 g/mol. The zero-order valence-corrected chi connectivity index (χ0v) is 17.4. The van der Waals surface area contributed by atoms with Crippen molar-refractivity contribution in [3.05, 3.63) is 66.0 Å². The first-order valence-corrected chi connectivity index (χ1v) is 10.4. The number of rotatable bonds is 4. The molecule has 0 spiro atoms. The van der Waals surface area contributed by atoms with Gasteiger partial charge in [-0.25, -0.2) is 0 Å². The van der Waals surface area contributed by atoms with Gasteiger partial charge in [-0.1, -0.05) is 43.3 Å². The molecule has 2 unspecified atom stereocenters. The van der Waals surface area contributed by atoms with Crippen LogP contribution in [0, 0.1) is 11.3 Å². The lowest BCUT2D eigenvalue weighted by molar-refractivity contribution is -0.123. The standard InChI is InChI=1S/C25H22N4O2/c1-15(11-12-26)23-24(17-8-3-5-9-19(17)27-23)29-14-21(30)22(25(29)31)18-13-28(2)20-10-6-4-7-16(18)20/h3-10,13,15,22,27H,11,14H2,1-2H3. The highest BCUT2D eigenvalue weighted by molar-refractivity contribution is 6.24. The number of hydrogen-bond donors (Lipinski definition) is 1. The van der Waals surface area contributed by atoms with E-state index in [1.807, 2.05) is 73.3 Å². The zero-order chi connectivity index (χ0) is 21.7. The largest absolute Gasteiger partial charge is 0.356 e. The molecule has 4 aromatic rings. The van der Waals surface area contributed by atoms with Crippen LogP contribution < -0.4 is 4.90 Å². The van der Waals surface area contributed by atoms with E-state index in [-0.39, 0.29) is 24.2 Å². The molecule has 1 N–H and O–H groups in total. The van der Waals surface area contributed by atoms with Crippen molar-refractivity contribution in [1.29, 1.82) is 5.26 Å². The molecule has 6 nitrogen and oxygen atoms in total. The molecule has 3 heterocycles. The highest BCUT2D eigenvalue weighted by atomic mass is 16.2. The summed E-state index contributed by atoms with van der Waals surface area (Å²) in [5.41, 5.74) is 4.18. The molecule has 1 aliphatic heterocycles. The number of hydrogen-bond acceptors (Lipinski definition) is 3. The first kappa shape index (κ1) is 19.1. The Morgan fingerprint density at radius 3 is 2.61 bits per heavy atom. The Labute approximate surface area is 179 Å². The first-order chi connectivity index (χ1) is 15.0. The number of aromatic nitrogens is 2. The average molecular weight is 410 g/mol. The van der Waals surface area contributed by atoms with Gasteiger partial charge in [0.25, 0.3) is 0 Å². The topological polar surface area (TPSA) is 81.9 Å². The van der Waals surface area contributed by atoms with Gasteiger partial charge < -0.3 is 14.5 Å². The van der Waals surface area contributed by atoms with Crippen molar-refractivity contribution in [3.8, 4) is 6.07 Å². The first-order valence-electron chi connectivity index (χ1n) is 10.4. The minimum atomic E-state index is -0.820. The molecule has 6 heteroatoms. The van der Waals surface area contributed by atoms with E-state index in [1.54, 1.807) is 4.90 Å². The number of nitrogens with zero attached hydrogens (tertiary/aromatic N) is 3. The van der Waals surface area contributed by atoms with Gasteiger partial charge in [-0.2, -0.15) is 5.26 Å². The maximum atomic E-state index is 13.7. The summed E-state index contributed by atoms with van der Waals surface area (Å²) in [7, 11) is 1.93. The predicted octanol–water partition coefficient (Wildman–Crippen LogP) is 4.38. The Kier molecular flexibility index (Phi) is 4.40. The number of Topliss-reactive ketones (excluding diaryl/α,β-unsaturated/α-hetero) is 1. The van der Waals surface area contributed by atoms with E-state index in [4.69, 9.17) is 0 Å². The van der Waals surface area contributed by atoms with E-state index in [0.29, 0.717) is 6.42 Å². The van der Waals surface area contributed by atoms with Crippen molar-refractivity contribution in [2.75, 3.05) is 11.4 Å². The van der Waals surface area contributed by atoms with E-state index in [2.05, 4.69) is 11.1 Å². The molecule has 1 fully saturated rings. The number of nitrogens with one attached hydrogen (secondary N) is 1. The Morgan fingerprint density at radius 2 is 1.84 bits per heavy atom. The van der Waals surface area contributed by atoms with Crippen LogP contribution in [0.4, 0.5) is 5.69 Å². The van der Waals surface area contributed by atoms with E-state index in [0.717, 1.165) is 38.8 Å². The minimum Gasteiger partial charge on any atom is -0.356 e. The third kappa shape index (κ3) is 2.85. The second kappa shape index (κ2) is 7.13. The molecule has 0 saturated carbocycles. The van der Waals surface area contributed by atoms with E-state index in [9.17, 15) is 14.9 Å². The number of carbonyl (C=O) groups excluding carboxylic acids is 2. The number of aromatic amines is 1. The molecule has 2 aromatic heterocycles. The summed E-state index contributed by atoms with van der Waals surface area (Å²) in [5, 5.41) is 11.0. The highest BCUT2D eigenvalue weighted by Crippen LogP contribution is 2.41. The molecule has 154 valence electrons. The van der Waals surface area contributed by atoms with Crippen molar-refractivity contribution < 1.29 is 9.59 Å². The predicted molar refractivity (Wildman–Crippen MR) is 120 cm³/mol. The molecule has 0 bridgehead atoms. The van der Waals surface area contributed by atoms with Gasteiger partial charge in [-0.3, -0.25) is 9.59 Å². The Bertz CT molecular complexity index is 1390. The molecule has 0 aliphatic carbocycles. The summed E-state index contributed by atoms with van der Waals surface area (Å²) in [4.78, 5) is 31.8. The van der Waals surface area contributed by atoms with Crippen LogP contribution in [-0.4, -0.2) is 27.8 Å². The molecular formula is C25H22N4O2. The SMILES string of the molecule is CC(CC#N)c1[nH]c2ccccc2c1N1CC(=O)C(c2cn(C)c3ccccc23)C1=O. The van der Waals surface area contributed by atoms with Crippen LogP contribution >= 0.6 is 0 Å². The van der Waals surface area contributed by atoms with Gasteiger partial charge in [-0.05, 0) is 17.7 Å². The number of amides is 1. The second-order valence-corrected chi connectivity index (χ2v) is 8.23. The zero-order valence-electron chi connectivity index (χ0n) is 17.4. The lowest BCUT2D eigenvalue weighted by Crippen LogP contribution is -2.27. The maximum Gasteiger partial charge on any atom is 0.242 e. The molecule has 1 aliphatic rings. The van der Waals surface area contributed by atoms with Gasteiger partial charge >= 0.3 is 0 Å². The normalized spacial score (nSPS) is 17.6. The molecule has 2 atom stereocenters. The number of carbonyl (C=O) groups is 2. The lowest BCUT2D eigenvalue weighted by atomic mass is 9.96. The fourth-order valence-electron chi connectivity index (χ4n) is 4.75. The quantitative estimate of drug-likeness (QED) is 0.507. The third-order valence-electron chi connectivity index (χ3n) is 6.25. The number of para-hydroxylation sites is 2. The van der Waals surface area contributed by atoms with Crippen molar-refractivity contribution in [2.45, 2.75) is 25.2 Å². The van der Waals surface area contributed by atoms with Gasteiger partial charge in [0, 0.05) is 53.1 Å². The lowest BCUT2D eigenvalue weighted by Gasteiger charge is -2.19. The molecule has 1 saturated heterocycles. The fraction of sp³-hybridized carbons (Fsp3) is 0.240. The van der Waals surface area contributed by atoms with Crippen molar-refractivity contribution in [3.63, 3.8) is 0 Å². The van der Waals surface area contributed by atoms with Gasteiger partial charge in [-0.15, -0.1) is 0 Å². The van der Waals surface area contributed by atoms with Crippen molar-refractivity contribution >= 4 is 39.2 Å². The summed E-state index contributed by atoms with van der Waals surface area (Å²) in [6.07, 6.45) is 2.21. The summed E-state index contributed by atoms with van der Waals surface area (Å²) in [6.45, 7) is 1.99. The van der Waals surface area contributed by atoms with Crippen LogP contribution in [0.2, 0.25) is 0 Å². The van der Waals surface area contributed by atoms with E-state index < -0.39 is 5.92 Å². The van der Waals surface area contributed by atoms with Gasteiger partial charge in [0.15, 0.2) is 5.78 Å². The summed E-state index contributed by atoms with van der Waals surface area (Å²) in [6, 6.07) is 17.8.